The minimum Gasteiger partial charge on any atom is -0.371 e. The third-order valence-electron chi connectivity index (χ3n) is 7.32. The lowest BCUT2D eigenvalue weighted by molar-refractivity contribution is -0.136. The molecule has 0 saturated carbocycles. The first-order chi connectivity index (χ1) is 17.6. The molecule has 0 N–H and O–H groups in total. The van der Waals surface area contributed by atoms with Gasteiger partial charge in [0, 0.05) is 37.3 Å². The largest absolute Gasteiger partial charge is 0.371 e. The van der Waals surface area contributed by atoms with Gasteiger partial charge in [-0.25, -0.2) is 0 Å². The fourth-order valence-electron chi connectivity index (χ4n) is 5.39. The van der Waals surface area contributed by atoms with Crippen LogP contribution in [0.15, 0.2) is 65.6 Å². The van der Waals surface area contributed by atoms with Gasteiger partial charge in [0.15, 0.2) is 0 Å². The molecule has 0 aromatic heterocycles. The van der Waals surface area contributed by atoms with E-state index in [2.05, 4.69) is 29.2 Å². The van der Waals surface area contributed by atoms with Crippen molar-refractivity contribution in [1.82, 2.24) is 9.80 Å². The molecule has 3 aromatic carbocycles. The Morgan fingerprint density at radius 3 is 2.39 bits per heavy atom. The lowest BCUT2D eigenvalue weighted by Gasteiger charge is -2.29. The Balaban J connectivity index is 1.22. The second-order valence-corrected chi connectivity index (χ2v) is 10.5. The Kier molecular flexibility index (Phi) is 6.01. The zero-order valence-electron chi connectivity index (χ0n) is 20.0. The number of imide groups is 1. The summed E-state index contributed by atoms with van der Waals surface area (Å²) in [7, 11) is 0. The zero-order valence-corrected chi connectivity index (χ0v) is 20.8. The van der Waals surface area contributed by atoms with E-state index in [1.54, 1.807) is 11.0 Å². The number of hydrogen-bond donors (Lipinski definition) is 0. The van der Waals surface area contributed by atoms with E-state index in [-0.39, 0.29) is 12.5 Å². The Bertz CT molecular complexity index is 1410. The number of benzene rings is 3. The summed E-state index contributed by atoms with van der Waals surface area (Å²) in [5.41, 5.74) is 4.48. The number of nitrogens with zero attached hydrogens (tertiary/aromatic N) is 3. The Labute approximate surface area is 214 Å². The molecular weight excluding hydrogens is 470 g/mol. The van der Waals surface area contributed by atoms with Crippen molar-refractivity contribution in [3.8, 4) is 0 Å². The molecule has 0 atom stereocenters. The molecule has 3 aliphatic heterocycles. The normalized spacial score (nSPS) is 19.0. The summed E-state index contributed by atoms with van der Waals surface area (Å²) in [6.07, 6.45) is 4.98. The molecule has 0 spiro atoms. The summed E-state index contributed by atoms with van der Waals surface area (Å²) in [5, 5.41) is 1.81. The van der Waals surface area contributed by atoms with Crippen LogP contribution in [0.25, 0.3) is 16.8 Å². The van der Waals surface area contributed by atoms with Crippen molar-refractivity contribution < 1.29 is 14.4 Å². The highest BCUT2D eigenvalue weighted by atomic mass is 32.2. The summed E-state index contributed by atoms with van der Waals surface area (Å²) in [4.78, 5) is 44.5. The number of carbonyl (C=O) groups excluding carboxylic acids is 3. The zero-order chi connectivity index (χ0) is 24.6. The standard InChI is InChI=1S/C29H27N3O3S/c33-27(31-16-13-20-7-1-2-8-22(20)18-31)19-32-28(34)26(36-29(32)35)17-21-11-12-25(30-14-5-6-15-30)24-10-4-3-9-23(21)24/h1-4,7-12,17H,5-6,13-16,18-19H2/b26-17-. The van der Waals surface area contributed by atoms with Crippen LogP contribution in [0.5, 0.6) is 0 Å². The second kappa shape index (κ2) is 9.47. The summed E-state index contributed by atoms with van der Waals surface area (Å²) >= 11 is 0.909. The number of anilines is 1. The maximum absolute atomic E-state index is 13.2. The van der Waals surface area contributed by atoms with Gasteiger partial charge in [-0.2, -0.15) is 0 Å². The summed E-state index contributed by atoms with van der Waals surface area (Å²) < 4.78 is 0. The topological polar surface area (TPSA) is 60.9 Å². The average Bonchev–Trinajstić information content (AvgIpc) is 3.53. The van der Waals surface area contributed by atoms with Crippen molar-refractivity contribution in [2.75, 3.05) is 31.1 Å². The molecule has 7 heteroatoms. The van der Waals surface area contributed by atoms with E-state index in [0.717, 1.165) is 58.1 Å². The molecule has 36 heavy (non-hydrogen) atoms. The minimum atomic E-state index is -0.400. The highest BCUT2D eigenvalue weighted by Gasteiger charge is 2.37. The monoisotopic (exact) mass is 497 g/mol. The van der Waals surface area contributed by atoms with E-state index in [0.29, 0.717) is 18.0 Å². The Morgan fingerprint density at radius 1 is 0.861 bits per heavy atom. The van der Waals surface area contributed by atoms with Gasteiger partial charge in [0.05, 0.1) is 4.91 Å². The van der Waals surface area contributed by atoms with Gasteiger partial charge in [0.25, 0.3) is 11.1 Å². The van der Waals surface area contributed by atoms with E-state index in [1.165, 1.54) is 24.1 Å². The van der Waals surface area contributed by atoms with Crippen molar-refractivity contribution in [3.05, 3.63) is 82.3 Å². The fraction of sp³-hybridized carbons (Fsp3) is 0.276. The maximum atomic E-state index is 13.2. The summed E-state index contributed by atoms with van der Waals surface area (Å²) in [6.45, 7) is 2.99. The molecule has 0 aliphatic carbocycles. The molecule has 182 valence electrons. The van der Waals surface area contributed by atoms with Crippen molar-refractivity contribution in [3.63, 3.8) is 0 Å². The number of carbonyl (C=O) groups is 3. The molecular formula is C29H27N3O3S. The molecule has 0 unspecified atom stereocenters. The van der Waals surface area contributed by atoms with Crippen LogP contribution < -0.4 is 4.90 Å². The fourth-order valence-corrected chi connectivity index (χ4v) is 6.22. The van der Waals surface area contributed by atoms with Crippen LogP contribution in [0.1, 0.15) is 29.5 Å². The molecule has 3 aromatic rings. The van der Waals surface area contributed by atoms with Crippen molar-refractivity contribution >= 4 is 51.4 Å². The van der Waals surface area contributed by atoms with Crippen LogP contribution in [0.3, 0.4) is 0 Å². The van der Waals surface area contributed by atoms with Gasteiger partial charge >= 0.3 is 0 Å². The molecule has 6 nitrogen and oxygen atoms in total. The molecule has 2 fully saturated rings. The molecule has 3 amide bonds. The maximum Gasteiger partial charge on any atom is 0.294 e. The number of amides is 3. The Morgan fingerprint density at radius 2 is 1.58 bits per heavy atom. The second-order valence-electron chi connectivity index (χ2n) is 9.52. The van der Waals surface area contributed by atoms with E-state index < -0.39 is 11.1 Å². The third-order valence-corrected chi connectivity index (χ3v) is 8.23. The highest BCUT2D eigenvalue weighted by molar-refractivity contribution is 8.18. The summed E-state index contributed by atoms with van der Waals surface area (Å²) in [5.74, 6) is -0.600. The lowest BCUT2D eigenvalue weighted by atomic mass is 10.00. The molecule has 6 rings (SSSR count). The number of thioether (sulfide) groups is 1. The average molecular weight is 498 g/mol. The van der Waals surface area contributed by atoms with Gasteiger partial charge in [0.1, 0.15) is 6.54 Å². The van der Waals surface area contributed by atoms with E-state index in [1.807, 2.05) is 36.4 Å². The van der Waals surface area contributed by atoms with Crippen LogP contribution in [0.2, 0.25) is 0 Å². The predicted molar refractivity (Wildman–Crippen MR) is 144 cm³/mol. The Hall–Kier alpha value is -3.58. The quantitative estimate of drug-likeness (QED) is 0.472. The SMILES string of the molecule is O=C(CN1C(=O)S/C(=C\c2ccc(N3CCCC3)c3ccccc23)C1=O)N1CCc2ccccc2C1. The van der Waals surface area contributed by atoms with Gasteiger partial charge < -0.3 is 9.80 Å². The summed E-state index contributed by atoms with van der Waals surface area (Å²) in [6, 6.07) is 20.4. The first kappa shape index (κ1) is 22.9. The number of fused-ring (bicyclic) bond motifs is 2. The molecule has 2 saturated heterocycles. The number of rotatable bonds is 4. The van der Waals surface area contributed by atoms with E-state index in [9.17, 15) is 14.4 Å². The van der Waals surface area contributed by atoms with Crippen LogP contribution >= 0.6 is 11.8 Å². The molecule has 3 aliphatic rings. The van der Waals surface area contributed by atoms with Crippen LogP contribution in [-0.2, 0) is 22.6 Å². The predicted octanol–water partition coefficient (Wildman–Crippen LogP) is 5.06. The van der Waals surface area contributed by atoms with Crippen molar-refractivity contribution in [2.24, 2.45) is 0 Å². The van der Waals surface area contributed by atoms with Crippen LogP contribution in [-0.4, -0.2) is 53.0 Å². The first-order valence-corrected chi connectivity index (χ1v) is 13.3. The van der Waals surface area contributed by atoms with E-state index >= 15 is 0 Å². The van der Waals surface area contributed by atoms with Crippen molar-refractivity contribution in [1.29, 1.82) is 0 Å². The van der Waals surface area contributed by atoms with Crippen LogP contribution in [0.4, 0.5) is 10.5 Å². The highest BCUT2D eigenvalue weighted by Crippen LogP contribution is 2.36. The molecule has 3 heterocycles. The number of hydrogen-bond acceptors (Lipinski definition) is 5. The lowest BCUT2D eigenvalue weighted by Crippen LogP contribution is -2.44. The first-order valence-electron chi connectivity index (χ1n) is 12.4. The molecule has 0 radical (unpaired) electrons. The van der Waals surface area contributed by atoms with Gasteiger partial charge in [-0.1, -0.05) is 54.6 Å². The van der Waals surface area contributed by atoms with Crippen LogP contribution in [0, 0.1) is 0 Å². The van der Waals surface area contributed by atoms with Crippen molar-refractivity contribution in [2.45, 2.75) is 25.8 Å². The van der Waals surface area contributed by atoms with Gasteiger partial charge in [-0.15, -0.1) is 0 Å². The van der Waals surface area contributed by atoms with Gasteiger partial charge in [-0.05, 0) is 65.2 Å². The van der Waals surface area contributed by atoms with Gasteiger partial charge in [-0.3, -0.25) is 19.3 Å². The van der Waals surface area contributed by atoms with E-state index in [4.69, 9.17) is 0 Å². The van der Waals surface area contributed by atoms with Gasteiger partial charge in [0.2, 0.25) is 5.91 Å². The minimum absolute atomic E-state index is 0.200. The third kappa shape index (κ3) is 4.17. The molecule has 0 bridgehead atoms. The smallest absolute Gasteiger partial charge is 0.294 e.